The summed E-state index contributed by atoms with van der Waals surface area (Å²) in [6.07, 6.45) is 0.625. The predicted octanol–water partition coefficient (Wildman–Crippen LogP) is 3.48. The Morgan fingerprint density at radius 2 is 1.65 bits per heavy atom. The van der Waals surface area contributed by atoms with E-state index in [0.717, 1.165) is 11.1 Å². The van der Waals surface area contributed by atoms with E-state index in [-0.39, 0.29) is 24.2 Å². The van der Waals surface area contributed by atoms with Crippen molar-refractivity contribution in [3.05, 3.63) is 70.5 Å². The molecule has 0 saturated heterocycles. The van der Waals surface area contributed by atoms with Crippen LogP contribution in [0.1, 0.15) is 25.0 Å². The average molecular weight is 377 g/mol. The number of carbonyl (C=O) groups excluding carboxylic acids is 2. The minimum Gasteiger partial charge on any atom is -0.355 e. The van der Waals surface area contributed by atoms with Gasteiger partial charge < -0.3 is 10.6 Å². The van der Waals surface area contributed by atoms with Crippen molar-refractivity contribution in [2.75, 3.05) is 6.54 Å². The second-order valence-electron chi connectivity index (χ2n) is 6.57. The van der Waals surface area contributed by atoms with Gasteiger partial charge in [-0.25, -0.2) is 4.39 Å². The Morgan fingerprint density at radius 3 is 2.31 bits per heavy atom. The molecule has 0 aliphatic rings. The molecule has 2 N–H and O–H groups in total. The lowest BCUT2D eigenvalue weighted by Crippen LogP contribution is -2.48. The van der Waals surface area contributed by atoms with Gasteiger partial charge in [0.25, 0.3) is 0 Å². The van der Waals surface area contributed by atoms with E-state index >= 15 is 0 Å². The molecule has 2 aromatic carbocycles. The van der Waals surface area contributed by atoms with Crippen LogP contribution in [0, 0.1) is 11.2 Å². The predicted molar refractivity (Wildman–Crippen MR) is 100 cm³/mol. The number of hydrogen-bond donors (Lipinski definition) is 2. The fraction of sp³-hybridized carbons (Fsp3) is 0.300. The van der Waals surface area contributed by atoms with Crippen molar-refractivity contribution in [3.63, 3.8) is 0 Å². The highest BCUT2D eigenvalue weighted by atomic mass is 35.5. The summed E-state index contributed by atoms with van der Waals surface area (Å²) in [5.41, 5.74) is 0.558. The van der Waals surface area contributed by atoms with Gasteiger partial charge in [0.15, 0.2) is 0 Å². The second-order valence-corrected chi connectivity index (χ2v) is 7.01. The van der Waals surface area contributed by atoms with Crippen LogP contribution in [-0.2, 0) is 22.6 Å². The molecule has 0 aliphatic carbocycles. The average Bonchev–Trinajstić information content (AvgIpc) is 2.60. The zero-order chi connectivity index (χ0) is 19.2. The third-order valence-electron chi connectivity index (χ3n) is 4.09. The van der Waals surface area contributed by atoms with E-state index in [0.29, 0.717) is 18.0 Å². The quantitative estimate of drug-likeness (QED) is 0.727. The number of benzene rings is 2. The van der Waals surface area contributed by atoms with Gasteiger partial charge in [-0.1, -0.05) is 35.9 Å². The highest BCUT2D eigenvalue weighted by Gasteiger charge is 2.35. The molecule has 26 heavy (non-hydrogen) atoms. The van der Waals surface area contributed by atoms with Crippen LogP contribution >= 0.6 is 11.6 Å². The molecule has 0 radical (unpaired) electrons. The second kappa shape index (κ2) is 8.81. The van der Waals surface area contributed by atoms with Crippen LogP contribution in [0.15, 0.2) is 48.5 Å². The topological polar surface area (TPSA) is 58.2 Å². The molecule has 2 amide bonds. The van der Waals surface area contributed by atoms with Crippen LogP contribution in [0.3, 0.4) is 0 Å². The monoisotopic (exact) mass is 376 g/mol. The van der Waals surface area contributed by atoms with Gasteiger partial charge in [-0.05, 0) is 55.7 Å². The van der Waals surface area contributed by atoms with Crippen LogP contribution in [0.25, 0.3) is 0 Å². The highest BCUT2D eigenvalue weighted by Crippen LogP contribution is 2.16. The maximum atomic E-state index is 12.9. The van der Waals surface area contributed by atoms with E-state index < -0.39 is 5.41 Å². The Morgan fingerprint density at radius 1 is 1.00 bits per heavy atom. The fourth-order valence-corrected chi connectivity index (χ4v) is 2.56. The van der Waals surface area contributed by atoms with E-state index in [1.54, 1.807) is 32.0 Å². The van der Waals surface area contributed by atoms with Crippen LogP contribution in [-0.4, -0.2) is 18.4 Å². The zero-order valence-electron chi connectivity index (χ0n) is 14.8. The Hall–Kier alpha value is -2.40. The van der Waals surface area contributed by atoms with Crippen LogP contribution in [0.2, 0.25) is 5.02 Å². The molecule has 0 aromatic heterocycles. The third-order valence-corrected chi connectivity index (χ3v) is 4.32. The normalized spacial score (nSPS) is 11.1. The number of carbonyl (C=O) groups is 2. The lowest BCUT2D eigenvalue weighted by atomic mass is 9.91. The summed E-state index contributed by atoms with van der Waals surface area (Å²) in [5, 5.41) is 6.15. The van der Waals surface area contributed by atoms with Gasteiger partial charge in [0.2, 0.25) is 11.8 Å². The molecular formula is C20H22ClFN2O2. The summed E-state index contributed by atoms with van der Waals surface area (Å²) >= 11 is 5.93. The summed E-state index contributed by atoms with van der Waals surface area (Å²) in [6, 6.07) is 13.3. The van der Waals surface area contributed by atoms with Crippen LogP contribution in [0.4, 0.5) is 4.39 Å². The van der Waals surface area contributed by atoms with Crippen molar-refractivity contribution < 1.29 is 14.0 Å². The van der Waals surface area contributed by atoms with E-state index in [2.05, 4.69) is 10.6 Å². The molecule has 0 unspecified atom stereocenters. The van der Waals surface area contributed by atoms with Gasteiger partial charge in [-0.15, -0.1) is 0 Å². The van der Waals surface area contributed by atoms with Gasteiger partial charge in [0.05, 0.1) is 0 Å². The smallest absolute Gasteiger partial charge is 0.235 e. The van der Waals surface area contributed by atoms with Crippen molar-refractivity contribution in [3.8, 4) is 0 Å². The van der Waals surface area contributed by atoms with Crippen molar-refractivity contribution >= 4 is 23.4 Å². The minimum absolute atomic E-state index is 0.234. The first-order valence-corrected chi connectivity index (χ1v) is 8.72. The van der Waals surface area contributed by atoms with Crippen molar-refractivity contribution in [2.24, 2.45) is 5.41 Å². The Labute approximate surface area is 157 Å². The number of amides is 2. The Kier molecular flexibility index (Phi) is 6.75. The molecular weight excluding hydrogens is 355 g/mol. The lowest BCUT2D eigenvalue weighted by molar-refractivity contribution is -0.141. The molecule has 0 atom stereocenters. The molecule has 2 aromatic rings. The summed E-state index contributed by atoms with van der Waals surface area (Å²) in [6.45, 7) is 3.79. The van der Waals surface area contributed by atoms with Gasteiger partial charge in [0, 0.05) is 18.1 Å². The summed E-state index contributed by atoms with van der Waals surface area (Å²) < 4.78 is 12.9. The zero-order valence-corrected chi connectivity index (χ0v) is 15.6. The highest BCUT2D eigenvalue weighted by molar-refractivity contribution is 6.30. The standard InChI is InChI=1S/C20H22ClFN2O2/c1-20(2,19(26)24-13-15-6-8-17(22)9-7-15)18(25)23-11-10-14-4-3-5-16(21)12-14/h3-9,12H,10-11,13H2,1-2H3,(H,23,25)(H,24,26). The molecule has 0 heterocycles. The molecule has 0 spiro atoms. The number of halogens is 2. The molecule has 0 bridgehead atoms. The van der Waals surface area contributed by atoms with Crippen LogP contribution < -0.4 is 10.6 Å². The van der Waals surface area contributed by atoms with Gasteiger partial charge >= 0.3 is 0 Å². The van der Waals surface area contributed by atoms with Gasteiger partial charge in [-0.2, -0.15) is 0 Å². The fourth-order valence-electron chi connectivity index (χ4n) is 2.34. The van der Waals surface area contributed by atoms with Crippen molar-refractivity contribution in [1.82, 2.24) is 10.6 Å². The van der Waals surface area contributed by atoms with Gasteiger partial charge in [0.1, 0.15) is 11.2 Å². The van der Waals surface area contributed by atoms with Crippen molar-refractivity contribution in [1.29, 1.82) is 0 Å². The first-order valence-electron chi connectivity index (χ1n) is 8.34. The maximum Gasteiger partial charge on any atom is 0.235 e. The SMILES string of the molecule is CC(C)(C(=O)NCCc1cccc(Cl)c1)C(=O)NCc1ccc(F)cc1. The molecule has 0 fully saturated rings. The first kappa shape index (κ1) is 19.9. The molecule has 138 valence electrons. The molecule has 0 aliphatic heterocycles. The largest absolute Gasteiger partial charge is 0.355 e. The van der Waals surface area contributed by atoms with Gasteiger partial charge in [-0.3, -0.25) is 9.59 Å². The number of hydrogen-bond acceptors (Lipinski definition) is 2. The molecule has 6 heteroatoms. The van der Waals surface area contributed by atoms with E-state index in [9.17, 15) is 14.0 Å². The summed E-state index contributed by atoms with van der Waals surface area (Å²) in [4.78, 5) is 24.7. The van der Waals surface area contributed by atoms with E-state index in [1.807, 2.05) is 18.2 Å². The third kappa shape index (κ3) is 5.56. The van der Waals surface area contributed by atoms with E-state index in [4.69, 9.17) is 11.6 Å². The number of nitrogens with one attached hydrogen (secondary N) is 2. The van der Waals surface area contributed by atoms with Crippen molar-refractivity contribution in [2.45, 2.75) is 26.8 Å². The lowest BCUT2D eigenvalue weighted by Gasteiger charge is -2.22. The molecule has 0 saturated carbocycles. The number of rotatable bonds is 7. The van der Waals surface area contributed by atoms with Crippen LogP contribution in [0.5, 0.6) is 0 Å². The van der Waals surface area contributed by atoms with E-state index in [1.165, 1.54) is 12.1 Å². The summed E-state index contributed by atoms with van der Waals surface area (Å²) in [5.74, 6) is -1.07. The maximum absolute atomic E-state index is 12.9. The Bertz CT molecular complexity index is 776. The summed E-state index contributed by atoms with van der Waals surface area (Å²) in [7, 11) is 0. The minimum atomic E-state index is -1.21. The molecule has 4 nitrogen and oxygen atoms in total. The molecule has 2 rings (SSSR count). The Balaban J connectivity index is 1.83. The first-order chi connectivity index (χ1) is 12.3.